The van der Waals surface area contributed by atoms with E-state index in [0.717, 1.165) is 11.4 Å². The number of anilines is 2. The van der Waals surface area contributed by atoms with Gasteiger partial charge in [0, 0.05) is 19.0 Å². The molecular weight excluding hydrogens is 337 g/mol. The summed E-state index contributed by atoms with van der Waals surface area (Å²) >= 11 is 0. The Morgan fingerprint density at radius 2 is 2.08 bits per heavy atom. The first-order valence-corrected chi connectivity index (χ1v) is 8.46. The summed E-state index contributed by atoms with van der Waals surface area (Å²) in [4.78, 5) is 18.8. The van der Waals surface area contributed by atoms with Crippen molar-refractivity contribution in [1.29, 1.82) is 0 Å². The summed E-state index contributed by atoms with van der Waals surface area (Å²) in [5.41, 5.74) is 1.72. The van der Waals surface area contributed by atoms with E-state index in [0.29, 0.717) is 31.6 Å². The predicted molar refractivity (Wildman–Crippen MR) is 93.3 cm³/mol. The first-order chi connectivity index (χ1) is 12.6. The van der Waals surface area contributed by atoms with E-state index in [2.05, 4.69) is 30.7 Å². The number of fused-ring (bicyclic) bond motifs is 1. The molecule has 1 saturated heterocycles. The van der Waals surface area contributed by atoms with Crippen LogP contribution < -0.4 is 10.2 Å². The van der Waals surface area contributed by atoms with E-state index >= 15 is 0 Å². The molecule has 1 aliphatic rings. The number of piperidine rings is 1. The van der Waals surface area contributed by atoms with Crippen molar-refractivity contribution < 1.29 is 9.18 Å². The number of benzene rings is 1. The number of hydrogen-bond donors (Lipinski definition) is 1. The van der Waals surface area contributed by atoms with Gasteiger partial charge < -0.3 is 10.2 Å². The molecule has 8 nitrogen and oxygen atoms in total. The van der Waals surface area contributed by atoms with Crippen molar-refractivity contribution in [2.45, 2.75) is 19.8 Å². The summed E-state index contributed by atoms with van der Waals surface area (Å²) in [6, 6.07) is 4.69. The lowest BCUT2D eigenvalue weighted by atomic mass is 9.95. The average Bonchev–Trinajstić information content (AvgIpc) is 3.13. The molecule has 1 N–H and O–H groups in total. The standard InChI is InChI=1S/C17H18FN7O/c1-11-2-3-13(18)14(8-11)20-17(26)12-4-6-24(7-5-12)16-10-19-9-15-21-22-23-25(15)16/h2-3,8-10,12H,4-7H2,1H3,(H,20,26). The molecule has 26 heavy (non-hydrogen) atoms. The van der Waals surface area contributed by atoms with Gasteiger partial charge in [0.05, 0.1) is 18.1 Å². The molecule has 1 aromatic carbocycles. The van der Waals surface area contributed by atoms with Crippen LogP contribution in [0.15, 0.2) is 30.6 Å². The lowest BCUT2D eigenvalue weighted by molar-refractivity contribution is -0.120. The molecule has 4 rings (SSSR count). The van der Waals surface area contributed by atoms with Crippen LogP contribution in [0.3, 0.4) is 0 Å². The van der Waals surface area contributed by atoms with Gasteiger partial charge in [-0.3, -0.25) is 9.78 Å². The molecular formula is C17H18FN7O. The molecule has 3 aromatic rings. The maximum Gasteiger partial charge on any atom is 0.227 e. The van der Waals surface area contributed by atoms with Gasteiger partial charge in [-0.15, -0.1) is 5.10 Å². The molecule has 134 valence electrons. The van der Waals surface area contributed by atoms with E-state index in [1.54, 1.807) is 29.0 Å². The second kappa shape index (κ2) is 6.66. The fourth-order valence-electron chi connectivity index (χ4n) is 3.22. The Kier molecular flexibility index (Phi) is 4.19. The number of rotatable bonds is 3. The first kappa shape index (κ1) is 16.4. The Morgan fingerprint density at radius 3 is 2.88 bits per heavy atom. The average molecular weight is 355 g/mol. The highest BCUT2D eigenvalue weighted by Gasteiger charge is 2.27. The van der Waals surface area contributed by atoms with Crippen molar-refractivity contribution in [1.82, 2.24) is 25.0 Å². The summed E-state index contributed by atoms with van der Waals surface area (Å²) in [6.45, 7) is 3.21. The van der Waals surface area contributed by atoms with Crippen LogP contribution in [0.1, 0.15) is 18.4 Å². The highest BCUT2D eigenvalue weighted by molar-refractivity contribution is 5.92. The number of nitrogens with zero attached hydrogens (tertiary/aromatic N) is 6. The fraction of sp³-hybridized carbons (Fsp3) is 0.353. The van der Waals surface area contributed by atoms with Crippen LogP contribution in [0.2, 0.25) is 0 Å². The second-order valence-electron chi connectivity index (χ2n) is 6.45. The number of aromatic nitrogens is 5. The van der Waals surface area contributed by atoms with E-state index in [1.807, 2.05) is 6.92 Å². The van der Waals surface area contributed by atoms with Gasteiger partial charge in [-0.2, -0.15) is 4.52 Å². The van der Waals surface area contributed by atoms with Crippen molar-refractivity contribution in [2.24, 2.45) is 5.92 Å². The van der Waals surface area contributed by atoms with Crippen LogP contribution in [-0.4, -0.2) is 44.0 Å². The highest BCUT2D eigenvalue weighted by Crippen LogP contribution is 2.24. The molecule has 9 heteroatoms. The molecule has 1 aliphatic heterocycles. The number of halogens is 1. The minimum atomic E-state index is -0.419. The molecule has 0 atom stereocenters. The molecule has 2 aromatic heterocycles. The Morgan fingerprint density at radius 1 is 1.27 bits per heavy atom. The number of nitrogens with one attached hydrogen (secondary N) is 1. The van der Waals surface area contributed by atoms with E-state index in [4.69, 9.17) is 0 Å². The summed E-state index contributed by atoms with van der Waals surface area (Å²) < 4.78 is 15.5. The van der Waals surface area contributed by atoms with Crippen LogP contribution >= 0.6 is 0 Å². The Hall–Kier alpha value is -3.10. The zero-order chi connectivity index (χ0) is 18.1. The van der Waals surface area contributed by atoms with Crippen molar-refractivity contribution in [3.8, 4) is 0 Å². The van der Waals surface area contributed by atoms with Gasteiger partial charge in [-0.05, 0) is 47.9 Å². The molecule has 0 bridgehead atoms. The minimum Gasteiger partial charge on any atom is -0.355 e. The Bertz CT molecular complexity index is 949. The second-order valence-corrected chi connectivity index (χ2v) is 6.45. The van der Waals surface area contributed by atoms with Crippen molar-refractivity contribution in [3.63, 3.8) is 0 Å². The zero-order valence-electron chi connectivity index (χ0n) is 14.3. The highest BCUT2D eigenvalue weighted by atomic mass is 19.1. The van der Waals surface area contributed by atoms with Crippen LogP contribution in [-0.2, 0) is 4.79 Å². The van der Waals surface area contributed by atoms with Gasteiger partial charge in [0.1, 0.15) is 5.82 Å². The quantitative estimate of drug-likeness (QED) is 0.771. The molecule has 0 aliphatic carbocycles. The summed E-state index contributed by atoms with van der Waals surface area (Å²) in [5.74, 6) is 0.0778. The van der Waals surface area contributed by atoms with Gasteiger partial charge in [0.15, 0.2) is 11.5 Å². The number of hydrogen-bond acceptors (Lipinski definition) is 6. The molecule has 0 spiro atoms. The third-order valence-electron chi connectivity index (χ3n) is 4.66. The van der Waals surface area contributed by atoms with Crippen LogP contribution in [0.25, 0.3) is 5.65 Å². The summed E-state index contributed by atoms with van der Waals surface area (Å²) in [6.07, 6.45) is 4.64. The Labute approximate surface area is 149 Å². The number of tetrazole rings is 1. The molecule has 0 unspecified atom stereocenters. The SMILES string of the molecule is Cc1ccc(F)c(NC(=O)C2CCN(c3cncc4nnnn34)CC2)c1. The number of carbonyl (C=O) groups excluding carboxylic acids is 1. The lowest BCUT2D eigenvalue weighted by Gasteiger charge is -2.32. The lowest BCUT2D eigenvalue weighted by Crippen LogP contribution is -2.39. The molecule has 0 saturated carbocycles. The van der Waals surface area contributed by atoms with Crippen molar-refractivity contribution in [2.75, 3.05) is 23.3 Å². The van der Waals surface area contributed by atoms with Crippen LogP contribution in [0.5, 0.6) is 0 Å². The van der Waals surface area contributed by atoms with Crippen LogP contribution in [0, 0.1) is 18.7 Å². The minimum absolute atomic E-state index is 0.145. The normalized spacial score (nSPS) is 15.4. The van der Waals surface area contributed by atoms with Gasteiger partial charge >= 0.3 is 0 Å². The van der Waals surface area contributed by atoms with Gasteiger partial charge in [0.25, 0.3) is 0 Å². The maximum absolute atomic E-state index is 13.8. The monoisotopic (exact) mass is 355 g/mol. The predicted octanol–water partition coefficient (Wildman–Crippen LogP) is 1.82. The number of amides is 1. The van der Waals surface area contributed by atoms with Gasteiger partial charge in [0.2, 0.25) is 5.91 Å². The number of carbonyl (C=O) groups is 1. The smallest absolute Gasteiger partial charge is 0.227 e. The molecule has 1 fully saturated rings. The first-order valence-electron chi connectivity index (χ1n) is 8.46. The third-order valence-corrected chi connectivity index (χ3v) is 4.66. The summed E-state index contributed by atoms with van der Waals surface area (Å²) in [5, 5.41) is 14.2. The molecule has 3 heterocycles. The largest absolute Gasteiger partial charge is 0.355 e. The van der Waals surface area contributed by atoms with E-state index < -0.39 is 5.82 Å². The van der Waals surface area contributed by atoms with E-state index in [-0.39, 0.29) is 17.5 Å². The molecule has 0 radical (unpaired) electrons. The van der Waals surface area contributed by atoms with Gasteiger partial charge in [-0.1, -0.05) is 6.07 Å². The fourth-order valence-corrected chi connectivity index (χ4v) is 3.22. The zero-order valence-corrected chi connectivity index (χ0v) is 14.3. The topological polar surface area (TPSA) is 88.3 Å². The van der Waals surface area contributed by atoms with E-state index in [9.17, 15) is 9.18 Å². The van der Waals surface area contributed by atoms with Crippen LogP contribution in [0.4, 0.5) is 15.9 Å². The maximum atomic E-state index is 13.8. The molecule has 1 amide bonds. The Balaban J connectivity index is 1.42. The van der Waals surface area contributed by atoms with Gasteiger partial charge in [-0.25, -0.2) is 4.39 Å². The van der Waals surface area contributed by atoms with E-state index in [1.165, 1.54) is 6.07 Å². The van der Waals surface area contributed by atoms with Crippen molar-refractivity contribution >= 4 is 23.1 Å². The number of aryl methyl sites for hydroxylation is 1. The van der Waals surface area contributed by atoms with Crippen molar-refractivity contribution in [3.05, 3.63) is 42.0 Å². The third kappa shape index (κ3) is 3.07. The summed E-state index contributed by atoms with van der Waals surface area (Å²) in [7, 11) is 0.